The zero-order valence-corrected chi connectivity index (χ0v) is 19.7. The van der Waals surface area contributed by atoms with E-state index in [4.69, 9.17) is 5.73 Å². The Kier molecular flexibility index (Phi) is 8.36. The van der Waals surface area contributed by atoms with Crippen LogP contribution in [0.2, 0.25) is 0 Å². The molecule has 0 radical (unpaired) electrons. The van der Waals surface area contributed by atoms with Gasteiger partial charge in [-0.25, -0.2) is 0 Å². The molecular weight excluding hydrogens is 398 g/mol. The Morgan fingerprint density at radius 2 is 1.61 bits per heavy atom. The molecule has 0 bridgehead atoms. The number of carbonyl (C=O) groups excluding carboxylic acids is 1. The summed E-state index contributed by atoms with van der Waals surface area (Å²) in [4.78, 5) is 12.7. The number of amides is 1. The van der Waals surface area contributed by atoms with Crippen molar-refractivity contribution in [2.24, 2.45) is 5.73 Å². The van der Waals surface area contributed by atoms with Crippen molar-refractivity contribution in [1.82, 2.24) is 0 Å². The molecule has 2 nitrogen and oxygen atoms in total. The first-order chi connectivity index (χ1) is 15.0. The van der Waals surface area contributed by atoms with Gasteiger partial charge in [0.15, 0.2) is 0 Å². The lowest BCUT2D eigenvalue weighted by molar-refractivity contribution is 0.100. The van der Waals surface area contributed by atoms with Gasteiger partial charge >= 0.3 is 0 Å². The first kappa shape index (κ1) is 23.1. The van der Waals surface area contributed by atoms with Crippen LogP contribution >= 0.6 is 11.8 Å². The van der Waals surface area contributed by atoms with E-state index >= 15 is 0 Å². The van der Waals surface area contributed by atoms with Crippen LogP contribution in [0.1, 0.15) is 71.3 Å². The largest absolute Gasteiger partial charge is 0.366 e. The van der Waals surface area contributed by atoms with Crippen molar-refractivity contribution in [3.8, 4) is 11.1 Å². The van der Waals surface area contributed by atoms with Gasteiger partial charge in [0.25, 0.3) is 0 Å². The predicted molar refractivity (Wildman–Crippen MR) is 134 cm³/mol. The first-order valence-electron chi connectivity index (χ1n) is 11.2. The van der Waals surface area contributed by atoms with Gasteiger partial charge in [0.2, 0.25) is 5.91 Å². The van der Waals surface area contributed by atoms with Crippen LogP contribution < -0.4 is 5.73 Å². The number of nitrogens with two attached hydrogens (primary N) is 1. The van der Waals surface area contributed by atoms with E-state index < -0.39 is 0 Å². The third kappa shape index (κ3) is 6.24. The first-order valence-corrected chi connectivity index (χ1v) is 12.1. The zero-order chi connectivity index (χ0) is 22.2. The standard InChI is InChI=1S/C28H33NOS/c1-4-5-6-7-11-27(23-12-14-24(15-13-23)28(29)30)31-25-18-16-22(17-19-25)26-10-8-9-20(2)21(26)3/h8-10,12-19,27H,4-7,11H2,1-3H3,(H2,29,30). The average Bonchev–Trinajstić information content (AvgIpc) is 2.78. The molecule has 0 aliphatic heterocycles. The van der Waals surface area contributed by atoms with Crippen LogP contribution in [-0.4, -0.2) is 5.91 Å². The van der Waals surface area contributed by atoms with E-state index in [0.717, 1.165) is 6.42 Å². The van der Waals surface area contributed by atoms with Crippen molar-refractivity contribution < 1.29 is 4.79 Å². The minimum atomic E-state index is -0.374. The van der Waals surface area contributed by atoms with Crippen LogP contribution in [0.15, 0.2) is 71.6 Å². The second kappa shape index (κ2) is 11.2. The van der Waals surface area contributed by atoms with Crippen LogP contribution in [0.25, 0.3) is 11.1 Å². The number of unbranched alkanes of at least 4 members (excludes halogenated alkanes) is 3. The monoisotopic (exact) mass is 431 g/mol. The van der Waals surface area contributed by atoms with Crippen LogP contribution in [0.5, 0.6) is 0 Å². The lowest BCUT2D eigenvalue weighted by Gasteiger charge is -2.18. The normalized spacial score (nSPS) is 12.0. The van der Waals surface area contributed by atoms with Crippen molar-refractivity contribution >= 4 is 17.7 Å². The molecule has 2 N–H and O–H groups in total. The maximum absolute atomic E-state index is 11.4. The van der Waals surface area contributed by atoms with Gasteiger partial charge in [-0.15, -0.1) is 11.8 Å². The summed E-state index contributed by atoms with van der Waals surface area (Å²) < 4.78 is 0. The second-order valence-electron chi connectivity index (χ2n) is 8.21. The molecule has 162 valence electrons. The Morgan fingerprint density at radius 1 is 0.903 bits per heavy atom. The molecule has 3 heteroatoms. The van der Waals surface area contributed by atoms with Crippen LogP contribution in [-0.2, 0) is 0 Å². The number of hydrogen-bond acceptors (Lipinski definition) is 2. The molecule has 0 aliphatic rings. The highest BCUT2D eigenvalue weighted by atomic mass is 32.2. The van der Waals surface area contributed by atoms with E-state index in [2.05, 4.69) is 75.4 Å². The molecule has 0 fully saturated rings. The maximum atomic E-state index is 11.4. The SMILES string of the molecule is CCCCCCC(Sc1ccc(-c2cccc(C)c2C)cc1)c1ccc(C(N)=O)cc1. The molecule has 1 atom stereocenters. The molecule has 1 unspecified atom stereocenters. The summed E-state index contributed by atoms with van der Waals surface area (Å²) in [6.45, 7) is 6.59. The third-order valence-corrected chi connectivity index (χ3v) is 7.27. The minimum absolute atomic E-state index is 0.366. The van der Waals surface area contributed by atoms with Gasteiger partial charge in [0.1, 0.15) is 0 Å². The van der Waals surface area contributed by atoms with Gasteiger partial charge in [-0.2, -0.15) is 0 Å². The number of carbonyl (C=O) groups is 1. The fourth-order valence-corrected chi connectivity index (χ4v) is 5.05. The number of benzene rings is 3. The number of hydrogen-bond donors (Lipinski definition) is 1. The molecule has 0 spiro atoms. The van der Waals surface area contributed by atoms with Gasteiger partial charge < -0.3 is 5.73 Å². The van der Waals surface area contributed by atoms with Gasteiger partial charge in [-0.05, 0) is 72.4 Å². The van der Waals surface area contributed by atoms with Gasteiger partial charge in [-0.3, -0.25) is 4.79 Å². The fourth-order valence-electron chi connectivity index (χ4n) is 3.85. The van der Waals surface area contributed by atoms with E-state index in [-0.39, 0.29) is 5.91 Å². The maximum Gasteiger partial charge on any atom is 0.248 e. The fraction of sp³-hybridized carbons (Fsp3) is 0.321. The molecular formula is C28H33NOS. The average molecular weight is 432 g/mol. The van der Waals surface area contributed by atoms with E-state index in [9.17, 15) is 4.79 Å². The highest BCUT2D eigenvalue weighted by Crippen LogP contribution is 2.40. The predicted octanol–water partition coefficient (Wildman–Crippen LogP) is 7.87. The Balaban J connectivity index is 1.78. The Morgan fingerprint density at radius 3 is 2.26 bits per heavy atom. The summed E-state index contributed by atoms with van der Waals surface area (Å²) in [5.41, 5.74) is 12.5. The van der Waals surface area contributed by atoms with Gasteiger partial charge in [0, 0.05) is 15.7 Å². The van der Waals surface area contributed by atoms with E-state index in [1.807, 2.05) is 23.9 Å². The number of rotatable bonds is 10. The van der Waals surface area contributed by atoms with Crippen molar-refractivity contribution in [2.45, 2.75) is 63.0 Å². The third-order valence-electron chi connectivity index (χ3n) is 5.94. The summed E-state index contributed by atoms with van der Waals surface area (Å²) >= 11 is 1.91. The lowest BCUT2D eigenvalue weighted by Crippen LogP contribution is -2.10. The van der Waals surface area contributed by atoms with Crippen LogP contribution in [0.4, 0.5) is 0 Å². The van der Waals surface area contributed by atoms with Crippen molar-refractivity contribution in [1.29, 1.82) is 0 Å². The molecule has 31 heavy (non-hydrogen) atoms. The molecule has 0 saturated carbocycles. The van der Waals surface area contributed by atoms with Crippen LogP contribution in [0, 0.1) is 13.8 Å². The molecule has 0 saturated heterocycles. The number of thioether (sulfide) groups is 1. The van der Waals surface area contributed by atoms with E-state index in [0.29, 0.717) is 10.8 Å². The summed E-state index contributed by atoms with van der Waals surface area (Å²) in [5, 5.41) is 0.366. The highest BCUT2D eigenvalue weighted by Gasteiger charge is 2.14. The summed E-state index contributed by atoms with van der Waals surface area (Å²) in [7, 11) is 0. The van der Waals surface area contributed by atoms with Crippen molar-refractivity contribution in [3.63, 3.8) is 0 Å². The molecule has 3 aromatic carbocycles. The molecule has 0 aliphatic carbocycles. The molecule has 3 aromatic rings. The van der Waals surface area contributed by atoms with E-state index in [1.54, 1.807) is 0 Å². The number of aryl methyl sites for hydroxylation is 1. The minimum Gasteiger partial charge on any atom is -0.366 e. The Labute approximate surface area is 191 Å². The van der Waals surface area contributed by atoms with E-state index in [1.165, 1.54) is 58.4 Å². The highest BCUT2D eigenvalue weighted by molar-refractivity contribution is 7.99. The van der Waals surface area contributed by atoms with Gasteiger partial charge in [0.05, 0.1) is 0 Å². The number of primary amides is 1. The van der Waals surface area contributed by atoms with Gasteiger partial charge in [-0.1, -0.05) is 75.1 Å². The molecule has 1 amide bonds. The Hall–Kier alpha value is -2.52. The topological polar surface area (TPSA) is 43.1 Å². The zero-order valence-electron chi connectivity index (χ0n) is 18.9. The molecule has 0 aromatic heterocycles. The summed E-state index contributed by atoms with van der Waals surface area (Å²) in [6.07, 6.45) is 6.12. The smallest absolute Gasteiger partial charge is 0.248 e. The van der Waals surface area contributed by atoms with Crippen LogP contribution in [0.3, 0.4) is 0 Å². The Bertz CT molecular complexity index is 993. The molecule has 0 heterocycles. The molecule has 3 rings (SSSR count). The summed E-state index contributed by atoms with van der Waals surface area (Å²) in [5.74, 6) is -0.374. The summed E-state index contributed by atoms with van der Waals surface area (Å²) in [6, 6.07) is 23.2. The lowest BCUT2D eigenvalue weighted by atomic mass is 9.97. The van der Waals surface area contributed by atoms with Crippen molar-refractivity contribution in [3.05, 3.63) is 89.0 Å². The van der Waals surface area contributed by atoms with Crippen molar-refractivity contribution in [2.75, 3.05) is 0 Å². The quantitative estimate of drug-likeness (QED) is 0.262. The second-order valence-corrected chi connectivity index (χ2v) is 9.49.